The molecule has 2 heterocycles. The maximum absolute atomic E-state index is 11.4. The average molecular weight is 647 g/mol. The van der Waals surface area contributed by atoms with Gasteiger partial charge in [-0.3, -0.25) is 14.9 Å². The van der Waals surface area contributed by atoms with Gasteiger partial charge in [-0.15, -0.1) is 0 Å². The van der Waals surface area contributed by atoms with Crippen molar-refractivity contribution in [3.05, 3.63) is 57.6 Å². The Kier molecular flexibility index (Phi) is 16.6. The van der Waals surface area contributed by atoms with E-state index in [0.717, 1.165) is 41.8 Å². The number of furan rings is 1. The van der Waals surface area contributed by atoms with Gasteiger partial charge in [-0.05, 0) is 32.3 Å². The SMILES string of the molecule is CC(=O)N[C@H]1[C@H]([C@H](O)[C@H](O)CO)OC(C(=O)O)=C[C@@H]1N=C(N)N.CN/C(=C/[N+](=O)[O-])NCCSCc1ccc(CN(C)C)o1. The standard InChI is InChI=1S/C13H22N4O3S.C12H20N4O7/c1-14-13(9-17(18)19)15-6-7-21-10-12-5-4-11(20-12)8-16(2)3;1-4(18)15-8-5(16-12(13)14)2-7(11(21)22)23-10(8)9(20)6(19)3-17/h4-5,9,14-15H,6-8,10H2,1-3H3;2,5-6,8-10,17,19-20H,3H2,1H3,(H,15,18)(H,21,22)(H4,13,14,16)/b13-9-;/t;5-,6+,8+,9+,10+/m.0/s1. The molecule has 1 amide bonds. The van der Waals surface area contributed by atoms with Gasteiger partial charge in [0.2, 0.25) is 11.7 Å². The third-order valence-electron chi connectivity index (χ3n) is 5.60. The predicted octanol–water partition coefficient (Wildman–Crippen LogP) is -2.33. The monoisotopic (exact) mass is 646 g/mol. The molecule has 5 atom stereocenters. The van der Waals surface area contributed by atoms with Gasteiger partial charge in [-0.1, -0.05) is 0 Å². The van der Waals surface area contributed by atoms with Crippen LogP contribution in [0.1, 0.15) is 18.4 Å². The molecule has 0 saturated heterocycles. The number of aliphatic hydroxyl groups excluding tert-OH is 3. The Balaban J connectivity index is 0.000000442. The van der Waals surface area contributed by atoms with Crippen molar-refractivity contribution < 1.29 is 44.1 Å². The molecule has 248 valence electrons. The van der Waals surface area contributed by atoms with E-state index in [4.69, 9.17) is 30.8 Å². The summed E-state index contributed by atoms with van der Waals surface area (Å²) in [4.78, 5) is 38.2. The summed E-state index contributed by atoms with van der Waals surface area (Å²) in [6, 6.07) is 1.88. The number of carbonyl (C=O) groups is 2. The molecule has 1 aromatic rings. The molecule has 1 aliphatic heterocycles. The first-order chi connectivity index (χ1) is 20.7. The first-order valence-corrected chi connectivity index (χ1v) is 14.4. The zero-order valence-corrected chi connectivity index (χ0v) is 25.7. The van der Waals surface area contributed by atoms with Crippen LogP contribution in [0.2, 0.25) is 0 Å². The number of aliphatic hydroxyl groups is 3. The normalized spacial score (nSPS) is 19.3. The fourth-order valence-corrected chi connectivity index (χ4v) is 4.51. The molecule has 0 aromatic carbocycles. The van der Waals surface area contributed by atoms with Crippen LogP contribution in [-0.2, 0) is 26.6 Å². The number of carbonyl (C=O) groups excluding carboxylic acids is 1. The van der Waals surface area contributed by atoms with Crippen LogP contribution in [0.5, 0.6) is 0 Å². The molecule has 0 fully saturated rings. The van der Waals surface area contributed by atoms with Gasteiger partial charge in [0, 0.05) is 26.3 Å². The molecule has 19 heteroatoms. The number of amides is 1. The number of thioether (sulfide) groups is 1. The van der Waals surface area contributed by atoms with Crippen molar-refractivity contribution >= 4 is 29.6 Å². The highest BCUT2D eigenvalue weighted by Gasteiger charge is 2.43. The second-order valence-electron chi connectivity index (χ2n) is 9.59. The van der Waals surface area contributed by atoms with E-state index in [9.17, 15) is 29.9 Å². The number of nitrogens with two attached hydrogens (primary N) is 2. The zero-order valence-electron chi connectivity index (χ0n) is 24.9. The highest BCUT2D eigenvalue weighted by molar-refractivity contribution is 7.98. The number of hydrogen-bond acceptors (Lipinski definition) is 14. The molecule has 0 unspecified atom stereocenters. The second kappa shape index (κ2) is 19.3. The van der Waals surface area contributed by atoms with Gasteiger partial charge >= 0.3 is 5.97 Å². The maximum Gasteiger partial charge on any atom is 0.370 e. The number of nitrogens with one attached hydrogen (secondary N) is 3. The predicted molar refractivity (Wildman–Crippen MR) is 161 cm³/mol. The van der Waals surface area contributed by atoms with E-state index in [1.165, 1.54) is 6.92 Å². The Morgan fingerprint density at radius 3 is 2.45 bits per heavy atom. The number of carboxylic acid groups (broad SMARTS) is 1. The number of carboxylic acids is 1. The van der Waals surface area contributed by atoms with E-state index in [1.807, 2.05) is 26.2 Å². The van der Waals surface area contributed by atoms with Crippen molar-refractivity contribution in [2.45, 2.75) is 49.6 Å². The summed E-state index contributed by atoms with van der Waals surface area (Å²) in [5.74, 6) is 1.05. The number of rotatable bonds is 16. The van der Waals surface area contributed by atoms with Crippen LogP contribution in [0.3, 0.4) is 0 Å². The molecular formula is C25H42N8O10S. The molecule has 0 radical (unpaired) electrons. The van der Waals surface area contributed by atoms with E-state index in [0.29, 0.717) is 12.4 Å². The van der Waals surface area contributed by atoms with E-state index >= 15 is 0 Å². The summed E-state index contributed by atoms with van der Waals surface area (Å²) in [6.07, 6.45) is -2.73. The molecule has 2 rings (SSSR count). The summed E-state index contributed by atoms with van der Waals surface area (Å²) in [5.41, 5.74) is 10.6. The molecule has 0 spiro atoms. The van der Waals surface area contributed by atoms with Gasteiger partial charge < -0.3 is 61.9 Å². The summed E-state index contributed by atoms with van der Waals surface area (Å²) < 4.78 is 10.8. The molecule has 44 heavy (non-hydrogen) atoms. The lowest BCUT2D eigenvalue weighted by Gasteiger charge is -2.38. The Morgan fingerprint density at radius 1 is 1.27 bits per heavy atom. The number of aliphatic imine (C=N–C) groups is 1. The van der Waals surface area contributed by atoms with Crippen molar-refractivity contribution in [3.8, 4) is 0 Å². The molecule has 11 N–H and O–H groups in total. The summed E-state index contributed by atoms with van der Waals surface area (Å²) in [7, 11) is 5.64. The van der Waals surface area contributed by atoms with Crippen LogP contribution < -0.4 is 27.4 Å². The third kappa shape index (κ3) is 14.0. The van der Waals surface area contributed by atoms with Crippen molar-refractivity contribution in [2.75, 3.05) is 40.0 Å². The fourth-order valence-electron chi connectivity index (χ4n) is 3.77. The van der Waals surface area contributed by atoms with E-state index in [-0.39, 0.29) is 5.96 Å². The molecule has 1 aromatic heterocycles. The minimum Gasteiger partial charge on any atom is -0.478 e. The van der Waals surface area contributed by atoms with E-state index in [1.54, 1.807) is 18.8 Å². The van der Waals surface area contributed by atoms with Gasteiger partial charge in [0.15, 0.2) is 11.8 Å². The zero-order chi connectivity index (χ0) is 33.4. The van der Waals surface area contributed by atoms with Crippen LogP contribution in [0.4, 0.5) is 0 Å². The van der Waals surface area contributed by atoms with Crippen LogP contribution in [0.25, 0.3) is 0 Å². The third-order valence-corrected chi connectivity index (χ3v) is 6.58. The lowest BCUT2D eigenvalue weighted by molar-refractivity contribution is -0.404. The Bertz CT molecular complexity index is 1170. The molecule has 0 bridgehead atoms. The van der Waals surface area contributed by atoms with Gasteiger partial charge in [0.25, 0.3) is 6.20 Å². The summed E-state index contributed by atoms with van der Waals surface area (Å²) in [5, 5.41) is 56.1. The number of aliphatic carboxylic acids is 1. The minimum absolute atomic E-state index is 0.371. The highest BCUT2D eigenvalue weighted by atomic mass is 32.2. The van der Waals surface area contributed by atoms with Crippen LogP contribution in [0, 0.1) is 10.1 Å². The van der Waals surface area contributed by atoms with Crippen LogP contribution >= 0.6 is 11.8 Å². The Labute approximate surface area is 258 Å². The second-order valence-corrected chi connectivity index (χ2v) is 10.7. The lowest BCUT2D eigenvalue weighted by atomic mass is 9.92. The summed E-state index contributed by atoms with van der Waals surface area (Å²) in [6.45, 7) is 1.84. The highest BCUT2D eigenvalue weighted by Crippen LogP contribution is 2.25. The Hall–Kier alpha value is -4.04. The number of nitrogens with zero attached hydrogens (tertiary/aromatic N) is 3. The van der Waals surface area contributed by atoms with Gasteiger partial charge in [-0.2, -0.15) is 11.8 Å². The Morgan fingerprint density at radius 2 is 1.93 bits per heavy atom. The molecule has 0 aliphatic carbocycles. The number of guanidine groups is 1. The van der Waals surface area contributed by atoms with Crippen LogP contribution in [-0.4, -0.2) is 119 Å². The quantitative estimate of drug-likeness (QED) is 0.0299. The first-order valence-electron chi connectivity index (χ1n) is 13.2. The lowest BCUT2D eigenvalue weighted by Crippen LogP contribution is -2.59. The number of nitro groups is 1. The largest absolute Gasteiger partial charge is 0.478 e. The topological polar surface area (TPSA) is 284 Å². The van der Waals surface area contributed by atoms with E-state index in [2.05, 4.69) is 25.8 Å². The fraction of sp³-hybridized carbons (Fsp3) is 0.560. The van der Waals surface area contributed by atoms with E-state index < -0.39 is 59.6 Å². The smallest absolute Gasteiger partial charge is 0.370 e. The first kappa shape index (κ1) is 38.0. The van der Waals surface area contributed by atoms with Gasteiger partial charge in [0.05, 0.1) is 35.9 Å². The number of hydrogen-bond donors (Lipinski definition) is 9. The van der Waals surface area contributed by atoms with Crippen molar-refractivity contribution in [1.29, 1.82) is 0 Å². The van der Waals surface area contributed by atoms with Crippen molar-refractivity contribution in [1.82, 2.24) is 20.9 Å². The van der Waals surface area contributed by atoms with Crippen molar-refractivity contribution in [3.63, 3.8) is 0 Å². The average Bonchev–Trinajstić information content (AvgIpc) is 3.37. The number of ether oxygens (including phenoxy) is 1. The molecular weight excluding hydrogens is 604 g/mol. The maximum atomic E-state index is 11.4. The molecule has 18 nitrogen and oxygen atoms in total. The molecule has 0 saturated carbocycles. The molecule has 1 aliphatic rings. The van der Waals surface area contributed by atoms with Crippen LogP contribution in [0.15, 0.2) is 45.4 Å². The van der Waals surface area contributed by atoms with Gasteiger partial charge in [-0.25, -0.2) is 9.79 Å². The minimum atomic E-state index is -1.70. The summed E-state index contributed by atoms with van der Waals surface area (Å²) >= 11 is 1.72. The van der Waals surface area contributed by atoms with Crippen molar-refractivity contribution in [2.24, 2.45) is 16.5 Å². The van der Waals surface area contributed by atoms with Gasteiger partial charge in [0.1, 0.15) is 29.8 Å².